The molecule has 5 heteroatoms. The number of thioether (sulfide) groups is 1. The second-order valence-electron chi connectivity index (χ2n) is 3.17. The van der Waals surface area contributed by atoms with Crippen molar-refractivity contribution in [3.05, 3.63) is 52.2 Å². The van der Waals surface area contributed by atoms with Gasteiger partial charge in [0.2, 0.25) is 5.12 Å². The maximum absolute atomic E-state index is 11.9. The summed E-state index contributed by atoms with van der Waals surface area (Å²) in [5.41, 5.74) is 0.577. The van der Waals surface area contributed by atoms with Gasteiger partial charge in [0.1, 0.15) is 0 Å². The third kappa shape index (κ3) is 3.08. The monoisotopic (exact) mass is 310 g/mol. The number of aldehydes is 1. The fraction of sp³-hybridized carbons (Fsp3) is 0. The van der Waals surface area contributed by atoms with Crippen LogP contribution in [0.3, 0.4) is 0 Å². The molecule has 0 aliphatic rings. The van der Waals surface area contributed by atoms with Crippen LogP contribution in [0.4, 0.5) is 0 Å². The average molecular weight is 311 g/mol. The lowest BCUT2D eigenvalue weighted by Crippen LogP contribution is -1.91. The maximum Gasteiger partial charge on any atom is 0.227 e. The molecule has 0 fully saturated rings. The Hall–Kier alpha value is -1.33. The van der Waals surface area contributed by atoms with E-state index in [2.05, 4.69) is 15.9 Å². The molecule has 0 radical (unpaired) electrons. The van der Waals surface area contributed by atoms with Crippen LogP contribution in [0.1, 0.15) is 20.9 Å². The highest BCUT2D eigenvalue weighted by molar-refractivity contribution is 9.10. The molecule has 0 unspecified atom stereocenters. The molecule has 2 aromatic rings. The first kappa shape index (κ1) is 12.1. The summed E-state index contributed by atoms with van der Waals surface area (Å²) >= 11 is 4.26. The van der Waals surface area contributed by atoms with Crippen molar-refractivity contribution in [2.75, 3.05) is 0 Å². The average Bonchev–Trinajstić information content (AvgIpc) is 2.77. The van der Waals surface area contributed by atoms with Crippen molar-refractivity contribution >= 4 is 39.1 Å². The summed E-state index contributed by atoms with van der Waals surface area (Å²) in [6.07, 6.45) is 0.605. The number of carbonyl (C=O) groups excluding carboxylic acids is 2. The van der Waals surface area contributed by atoms with Crippen LogP contribution in [-0.2, 0) is 0 Å². The molecule has 0 bridgehead atoms. The summed E-state index contributed by atoms with van der Waals surface area (Å²) in [7, 11) is 0. The minimum absolute atomic E-state index is 0.127. The molecule has 3 nitrogen and oxygen atoms in total. The van der Waals surface area contributed by atoms with E-state index in [1.807, 2.05) is 6.07 Å². The number of furan rings is 1. The molecular weight excluding hydrogens is 304 g/mol. The summed E-state index contributed by atoms with van der Waals surface area (Å²) in [6, 6.07) is 10.2. The Bertz CT molecular complexity index is 562. The summed E-state index contributed by atoms with van der Waals surface area (Å²) in [6.45, 7) is 0. The van der Waals surface area contributed by atoms with Crippen molar-refractivity contribution in [2.24, 2.45) is 0 Å². The normalized spacial score (nSPS) is 10.2. The number of hydrogen-bond acceptors (Lipinski definition) is 4. The van der Waals surface area contributed by atoms with E-state index >= 15 is 0 Å². The van der Waals surface area contributed by atoms with E-state index in [0.29, 0.717) is 16.9 Å². The van der Waals surface area contributed by atoms with E-state index in [1.54, 1.807) is 24.3 Å². The van der Waals surface area contributed by atoms with Crippen molar-refractivity contribution in [1.82, 2.24) is 0 Å². The molecule has 17 heavy (non-hydrogen) atoms. The highest BCUT2D eigenvalue weighted by Gasteiger charge is 2.11. The summed E-state index contributed by atoms with van der Waals surface area (Å²) in [5, 5.41) is 0.287. The Balaban J connectivity index is 2.14. The van der Waals surface area contributed by atoms with Crippen molar-refractivity contribution in [2.45, 2.75) is 5.09 Å². The van der Waals surface area contributed by atoms with Crippen LogP contribution in [0, 0.1) is 0 Å². The minimum atomic E-state index is -0.127. The van der Waals surface area contributed by atoms with Gasteiger partial charge in [-0.25, -0.2) is 0 Å². The lowest BCUT2D eigenvalue weighted by atomic mass is 10.2. The Morgan fingerprint density at radius 1 is 1.29 bits per heavy atom. The van der Waals surface area contributed by atoms with Crippen molar-refractivity contribution in [1.29, 1.82) is 0 Å². The van der Waals surface area contributed by atoms with Gasteiger partial charge in [-0.05, 0) is 36.0 Å². The topological polar surface area (TPSA) is 47.3 Å². The first-order valence-electron chi connectivity index (χ1n) is 4.72. The van der Waals surface area contributed by atoms with Crippen LogP contribution in [-0.4, -0.2) is 11.4 Å². The summed E-state index contributed by atoms with van der Waals surface area (Å²) in [4.78, 5) is 22.3. The van der Waals surface area contributed by atoms with E-state index in [9.17, 15) is 9.59 Å². The fourth-order valence-electron chi connectivity index (χ4n) is 1.22. The largest absolute Gasteiger partial charge is 0.447 e. The highest BCUT2D eigenvalue weighted by atomic mass is 79.9. The summed E-state index contributed by atoms with van der Waals surface area (Å²) in [5.74, 6) is 0.217. The number of rotatable bonds is 3. The molecule has 2 rings (SSSR count). The predicted molar refractivity (Wildman–Crippen MR) is 68.4 cm³/mol. The van der Waals surface area contributed by atoms with E-state index in [4.69, 9.17) is 4.42 Å². The first-order chi connectivity index (χ1) is 8.19. The van der Waals surface area contributed by atoms with E-state index in [-0.39, 0.29) is 10.9 Å². The number of benzene rings is 1. The Morgan fingerprint density at radius 3 is 2.76 bits per heavy atom. The lowest BCUT2D eigenvalue weighted by molar-refractivity contribution is 0.107. The van der Waals surface area contributed by atoms with Gasteiger partial charge in [-0.1, -0.05) is 28.1 Å². The Labute approximate surface area is 110 Å². The molecule has 0 amide bonds. The SMILES string of the molecule is O=Cc1ccc(SC(=O)c2cccc(Br)c2)o1. The fourth-order valence-corrected chi connectivity index (χ4v) is 2.32. The molecule has 0 aliphatic heterocycles. The van der Waals surface area contributed by atoms with Gasteiger partial charge in [-0.2, -0.15) is 0 Å². The maximum atomic E-state index is 11.9. The second kappa shape index (κ2) is 5.33. The molecule has 1 heterocycles. The van der Waals surface area contributed by atoms with Gasteiger partial charge < -0.3 is 4.42 Å². The minimum Gasteiger partial charge on any atom is -0.447 e. The van der Waals surface area contributed by atoms with Crippen LogP contribution in [0.25, 0.3) is 0 Å². The van der Waals surface area contributed by atoms with Gasteiger partial charge in [-0.3, -0.25) is 9.59 Å². The molecule has 0 saturated heterocycles. The molecule has 0 atom stereocenters. The highest BCUT2D eigenvalue weighted by Crippen LogP contribution is 2.25. The van der Waals surface area contributed by atoms with Gasteiger partial charge in [0.05, 0.1) is 0 Å². The predicted octanol–water partition coefficient (Wildman–Crippen LogP) is 3.79. The molecule has 0 spiro atoms. The number of hydrogen-bond donors (Lipinski definition) is 0. The van der Waals surface area contributed by atoms with Gasteiger partial charge in [-0.15, -0.1) is 0 Å². The first-order valence-corrected chi connectivity index (χ1v) is 6.33. The number of halogens is 1. The molecule has 1 aromatic heterocycles. The zero-order chi connectivity index (χ0) is 12.3. The van der Waals surface area contributed by atoms with E-state index in [1.165, 1.54) is 6.07 Å². The molecule has 1 aromatic carbocycles. The zero-order valence-electron chi connectivity index (χ0n) is 8.55. The Morgan fingerprint density at radius 2 is 2.12 bits per heavy atom. The van der Waals surface area contributed by atoms with Crippen LogP contribution in [0.5, 0.6) is 0 Å². The smallest absolute Gasteiger partial charge is 0.227 e. The standard InChI is InChI=1S/C12H7BrO3S/c13-9-3-1-2-8(6-9)12(15)17-11-5-4-10(7-14)16-11/h1-7H. The molecule has 0 aliphatic carbocycles. The molecule has 0 saturated carbocycles. The van der Waals surface area contributed by atoms with Crippen molar-refractivity contribution in [3.8, 4) is 0 Å². The lowest BCUT2D eigenvalue weighted by Gasteiger charge is -1.98. The van der Waals surface area contributed by atoms with Gasteiger partial charge in [0.15, 0.2) is 17.1 Å². The molecular formula is C12H7BrO3S. The van der Waals surface area contributed by atoms with Crippen LogP contribution >= 0.6 is 27.7 Å². The van der Waals surface area contributed by atoms with E-state index < -0.39 is 0 Å². The molecule has 86 valence electrons. The van der Waals surface area contributed by atoms with Crippen molar-refractivity contribution in [3.63, 3.8) is 0 Å². The van der Waals surface area contributed by atoms with Gasteiger partial charge in [0.25, 0.3) is 0 Å². The van der Waals surface area contributed by atoms with Crippen LogP contribution in [0.15, 0.2) is 50.4 Å². The second-order valence-corrected chi connectivity index (χ2v) is 5.07. The van der Waals surface area contributed by atoms with Crippen LogP contribution in [0.2, 0.25) is 0 Å². The molecule has 0 N–H and O–H groups in total. The van der Waals surface area contributed by atoms with Crippen molar-refractivity contribution < 1.29 is 14.0 Å². The van der Waals surface area contributed by atoms with Gasteiger partial charge >= 0.3 is 0 Å². The third-order valence-electron chi connectivity index (χ3n) is 1.97. The quantitative estimate of drug-likeness (QED) is 0.639. The number of carbonyl (C=O) groups is 2. The zero-order valence-corrected chi connectivity index (χ0v) is 11.0. The van der Waals surface area contributed by atoms with Crippen LogP contribution < -0.4 is 0 Å². The third-order valence-corrected chi connectivity index (χ3v) is 3.31. The van der Waals surface area contributed by atoms with Gasteiger partial charge in [0, 0.05) is 10.0 Å². The summed E-state index contributed by atoms with van der Waals surface area (Å²) < 4.78 is 5.96. The van der Waals surface area contributed by atoms with E-state index in [0.717, 1.165) is 16.2 Å². The Kier molecular flexibility index (Phi) is 3.81.